The van der Waals surface area contributed by atoms with Crippen LogP contribution in [-0.4, -0.2) is 18.4 Å². The molecular formula is C12H14F6N2. The van der Waals surface area contributed by atoms with Gasteiger partial charge in [0.1, 0.15) is 0 Å². The molecule has 1 unspecified atom stereocenters. The van der Waals surface area contributed by atoms with E-state index in [2.05, 4.69) is 0 Å². The number of rotatable bonds is 4. The summed E-state index contributed by atoms with van der Waals surface area (Å²) in [5, 5.41) is 0. The maximum absolute atomic E-state index is 12.6. The molecule has 0 bridgehead atoms. The maximum Gasteiger partial charge on any atom is 0.402 e. The molecule has 1 atom stereocenters. The zero-order chi connectivity index (χ0) is 15.6. The molecule has 8 heteroatoms. The van der Waals surface area contributed by atoms with Crippen molar-refractivity contribution >= 4 is 0 Å². The van der Waals surface area contributed by atoms with E-state index in [9.17, 15) is 26.3 Å². The second-order valence-electron chi connectivity index (χ2n) is 4.46. The molecule has 0 aliphatic heterocycles. The minimum absolute atomic E-state index is 0.383. The SMILES string of the molecule is Cc1ccccc1CC(NN)C(C(F)(F)F)C(F)(F)F. The number of hydrogen-bond acceptors (Lipinski definition) is 2. The van der Waals surface area contributed by atoms with Crippen LogP contribution in [0.4, 0.5) is 26.3 Å². The normalized spacial score (nSPS) is 14.7. The second-order valence-corrected chi connectivity index (χ2v) is 4.46. The van der Waals surface area contributed by atoms with Crippen molar-refractivity contribution in [1.82, 2.24) is 5.43 Å². The van der Waals surface area contributed by atoms with E-state index >= 15 is 0 Å². The van der Waals surface area contributed by atoms with E-state index in [1.807, 2.05) is 0 Å². The van der Waals surface area contributed by atoms with Crippen molar-refractivity contribution in [3.63, 3.8) is 0 Å². The highest BCUT2D eigenvalue weighted by Gasteiger charge is 2.60. The van der Waals surface area contributed by atoms with Gasteiger partial charge in [0.2, 0.25) is 0 Å². The third kappa shape index (κ3) is 4.11. The van der Waals surface area contributed by atoms with Crippen molar-refractivity contribution in [3.05, 3.63) is 35.4 Å². The monoisotopic (exact) mass is 300 g/mol. The summed E-state index contributed by atoms with van der Waals surface area (Å²) in [6.07, 6.45) is -11.3. The van der Waals surface area contributed by atoms with E-state index < -0.39 is 30.7 Å². The summed E-state index contributed by atoms with van der Waals surface area (Å²) in [5.74, 6) is 1.40. The molecule has 20 heavy (non-hydrogen) atoms. The highest BCUT2D eigenvalue weighted by molar-refractivity contribution is 5.26. The Morgan fingerprint density at radius 2 is 1.55 bits per heavy atom. The number of nitrogens with one attached hydrogen (secondary N) is 1. The molecule has 0 fully saturated rings. The van der Waals surface area contributed by atoms with Crippen LogP contribution in [0.25, 0.3) is 0 Å². The van der Waals surface area contributed by atoms with Gasteiger partial charge in [-0.2, -0.15) is 26.3 Å². The van der Waals surface area contributed by atoms with E-state index in [1.54, 1.807) is 30.5 Å². The maximum atomic E-state index is 12.6. The molecule has 0 aromatic heterocycles. The van der Waals surface area contributed by atoms with E-state index in [1.165, 1.54) is 6.07 Å². The Bertz CT molecular complexity index is 426. The van der Waals surface area contributed by atoms with Crippen LogP contribution in [0.1, 0.15) is 11.1 Å². The Balaban J connectivity index is 3.07. The number of halogens is 6. The van der Waals surface area contributed by atoms with Gasteiger partial charge in [0.25, 0.3) is 0 Å². The summed E-state index contributed by atoms with van der Waals surface area (Å²) in [4.78, 5) is 0. The fraction of sp³-hybridized carbons (Fsp3) is 0.500. The minimum atomic E-state index is -5.42. The smallest absolute Gasteiger partial charge is 0.271 e. The predicted octanol–water partition coefficient (Wildman–Crippen LogP) is 3.11. The number of nitrogens with two attached hydrogens (primary N) is 1. The molecule has 0 spiro atoms. The van der Waals surface area contributed by atoms with Crippen LogP contribution < -0.4 is 11.3 Å². The van der Waals surface area contributed by atoms with E-state index in [0.29, 0.717) is 11.1 Å². The molecule has 0 heterocycles. The quantitative estimate of drug-likeness (QED) is 0.509. The summed E-state index contributed by atoms with van der Waals surface area (Å²) in [7, 11) is 0. The lowest BCUT2D eigenvalue weighted by atomic mass is 9.91. The average molecular weight is 300 g/mol. The standard InChI is InChI=1S/C12H14F6N2/c1-7-4-2-3-5-8(7)6-9(20-19)10(11(13,14)15)12(16,17)18/h2-5,9-10,20H,6,19H2,1H3. The van der Waals surface area contributed by atoms with Gasteiger partial charge in [-0.25, -0.2) is 0 Å². The molecule has 0 saturated carbocycles. The molecule has 1 aromatic rings. The van der Waals surface area contributed by atoms with Crippen molar-refractivity contribution in [1.29, 1.82) is 0 Å². The molecule has 0 radical (unpaired) electrons. The lowest BCUT2D eigenvalue weighted by Gasteiger charge is -2.30. The molecule has 3 N–H and O–H groups in total. The molecule has 114 valence electrons. The van der Waals surface area contributed by atoms with Gasteiger partial charge in [0, 0.05) is 6.04 Å². The number of hydrazine groups is 1. The van der Waals surface area contributed by atoms with Crippen LogP contribution in [0.15, 0.2) is 24.3 Å². The van der Waals surface area contributed by atoms with Crippen LogP contribution >= 0.6 is 0 Å². The molecule has 0 aliphatic rings. The Morgan fingerprint density at radius 1 is 1.05 bits per heavy atom. The first-order valence-corrected chi connectivity index (χ1v) is 5.71. The highest BCUT2D eigenvalue weighted by atomic mass is 19.4. The van der Waals surface area contributed by atoms with Gasteiger partial charge in [-0.05, 0) is 24.5 Å². The topological polar surface area (TPSA) is 38.0 Å². The van der Waals surface area contributed by atoms with Gasteiger partial charge in [-0.3, -0.25) is 11.3 Å². The summed E-state index contributed by atoms with van der Waals surface area (Å²) in [5.41, 5.74) is 2.64. The van der Waals surface area contributed by atoms with Crippen LogP contribution in [0.5, 0.6) is 0 Å². The first kappa shape index (κ1) is 16.8. The number of benzene rings is 1. The van der Waals surface area contributed by atoms with Gasteiger partial charge in [-0.15, -0.1) is 0 Å². The van der Waals surface area contributed by atoms with Gasteiger partial charge in [0.15, 0.2) is 5.92 Å². The van der Waals surface area contributed by atoms with Crippen molar-refractivity contribution < 1.29 is 26.3 Å². The Hall–Kier alpha value is -1.28. The van der Waals surface area contributed by atoms with Gasteiger partial charge < -0.3 is 0 Å². The van der Waals surface area contributed by atoms with Gasteiger partial charge >= 0.3 is 12.4 Å². The van der Waals surface area contributed by atoms with Crippen LogP contribution in [0.2, 0.25) is 0 Å². The summed E-state index contributed by atoms with van der Waals surface area (Å²) < 4.78 is 75.8. The molecule has 1 rings (SSSR count). The molecule has 2 nitrogen and oxygen atoms in total. The molecular weight excluding hydrogens is 286 g/mol. The number of alkyl halides is 6. The van der Waals surface area contributed by atoms with Crippen molar-refractivity contribution in [2.45, 2.75) is 31.7 Å². The van der Waals surface area contributed by atoms with Crippen LogP contribution in [0.3, 0.4) is 0 Å². The van der Waals surface area contributed by atoms with E-state index in [-0.39, 0.29) is 0 Å². The molecule has 0 saturated heterocycles. The fourth-order valence-electron chi connectivity index (χ4n) is 1.99. The first-order valence-electron chi connectivity index (χ1n) is 5.71. The van der Waals surface area contributed by atoms with E-state index in [4.69, 9.17) is 5.84 Å². The Kier molecular flexibility index (Phi) is 5.04. The average Bonchev–Trinajstić information content (AvgIpc) is 2.27. The Morgan fingerprint density at radius 3 is 1.95 bits per heavy atom. The summed E-state index contributed by atoms with van der Waals surface area (Å²) in [6, 6.07) is 4.31. The lowest BCUT2D eigenvalue weighted by molar-refractivity contribution is -0.291. The summed E-state index contributed by atoms with van der Waals surface area (Å²) >= 11 is 0. The number of hydrogen-bond donors (Lipinski definition) is 2. The van der Waals surface area contributed by atoms with Gasteiger partial charge in [0.05, 0.1) is 0 Å². The van der Waals surface area contributed by atoms with Crippen molar-refractivity contribution in [2.75, 3.05) is 0 Å². The first-order chi connectivity index (χ1) is 9.07. The summed E-state index contributed by atoms with van der Waals surface area (Å²) in [6.45, 7) is 1.61. The molecule has 0 amide bonds. The second kappa shape index (κ2) is 6.01. The van der Waals surface area contributed by atoms with Crippen molar-refractivity contribution in [2.24, 2.45) is 11.8 Å². The largest absolute Gasteiger partial charge is 0.402 e. The third-order valence-corrected chi connectivity index (χ3v) is 3.02. The predicted molar refractivity (Wildman–Crippen MR) is 61.6 cm³/mol. The van der Waals surface area contributed by atoms with E-state index in [0.717, 1.165) is 0 Å². The van der Waals surface area contributed by atoms with Crippen molar-refractivity contribution in [3.8, 4) is 0 Å². The highest BCUT2D eigenvalue weighted by Crippen LogP contribution is 2.42. The molecule has 1 aromatic carbocycles. The lowest BCUT2D eigenvalue weighted by Crippen LogP contribution is -2.54. The van der Waals surface area contributed by atoms with Gasteiger partial charge in [-0.1, -0.05) is 24.3 Å². The third-order valence-electron chi connectivity index (χ3n) is 3.02. The Labute approximate surface area is 111 Å². The number of aryl methyl sites for hydroxylation is 1. The fourth-order valence-corrected chi connectivity index (χ4v) is 1.99. The zero-order valence-corrected chi connectivity index (χ0v) is 10.5. The zero-order valence-electron chi connectivity index (χ0n) is 10.5. The minimum Gasteiger partial charge on any atom is -0.271 e. The van der Waals surface area contributed by atoms with Crippen LogP contribution in [0, 0.1) is 12.8 Å². The molecule has 0 aliphatic carbocycles. The van der Waals surface area contributed by atoms with Crippen LogP contribution in [-0.2, 0) is 6.42 Å².